The molecule has 1 heterocycles. The minimum absolute atomic E-state index is 0. The van der Waals surface area contributed by atoms with Crippen molar-refractivity contribution in [3.8, 4) is 0 Å². The molecule has 0 amide bonds. The van der Waals surface area contributed by atoms with Gasteiger partial charge >= 0.3 is 58.4 Å². The number of hydrogen-bond donors (Lipinski definition) is 0. The first kappa shape index (κ1) is 13.2. The third-order valence-corrected chi connectivity index (χ3v) is 1.79. The second-order valence-corrected chi connectivity index (χ2v) is 2.88. The molecular weight excluding hydrogens is 193 g/mol. The Bertz CT molecular complexity index is 180. The second-order valence-electron chi connectivity index (χ2n) is 2.88. The normalized spacial score (nSPS) is 19.8. The van der Waals surface area contributed by atoms with Crippen LogP contribution in [0.2, 0.25) is 0 Å². The molecule has 0 atom stereocenters. The Hall–Kier alpha value is 1.19. The van der Waals surface area contributed by atoms with Crippen LogP contribution in [-0.4, -0.2) is 32.0 Å². The molecule has 0 N–H and O–H groups in total. The first-order valence-electron chi connectivity index (χ1n) is 3.57. The summed E-state index contributed by atoms with van der Waals surface area (Å²) in [6.07, 6.45) is 1.83. The predicted molar refractivity (Wildman–Crippen MR) is 39.3 cm³/mol. The van der Waals surface area contributed by atoms with E-state index in [4.69, 9.17) is 0 Å². The van der Waals surface area contributed by atoms with Crippen molar-refractivity contribution in [3.05, 3.63) is 11.5 Å². The van der Waals surface area contributed by atoms with Crippen molar-refractivity contribution in [2.45, 2.75) is 6.42 Å². The summed E-state index contributed by atoms with van der Waals surface area (Å²) in [5.41, 5.74) is -0.348. The van der Waals surface area contributed by atoms with Gasteiger partial charge in [-0.3, -0.25) is 0 Å². The molecule has 0 spiro atoms. The molecule has 6 heteroatoms. The van der Waals surface area contributed by atoms with Crippen molar-refractivity contribution < 1.29 is 64.3 Å². The predicted octanol–water partition coefficient (Wildman–Crippen LogP) is -1.36. The Morgan fingerprint density at radius 1 is 1.42 bits per heavy atom. The van der Waals surface area contributed by atoms with Crippen LogP contribution in [0.1, 0.15) is 6.42 Å². The summed E-state index contributed by atoms with van der Waals surface area (Å²) in [6.45, 7) is -3.95. The van der Waals surface area contributed by atoms with Crippen LogP contribution in [0.4, 0.5) is 12.9 Å². The maximum Gasteiger partial charge on any atom is 1.00 e. The molecule has 0 aromatic heterocycles. The van der Waals surface area contributed by atoms with E-state index >= 15 is 0 Å². The standard InChI is InChI=1S/C6H10BF3N.K/c1-11-4-2-3-6(5-11)7(8,9)10;/h3H,2,4-5H2,1H3;/q-1;+1. The maximum atomic E-state index is 12.1. The van der Waals surface area contributed by atoms with Gasteiger partial charge in [0.15, 0.2) is 0 Å². The monoisotopic (exact) mass is 203 g/mol. The maximum absolute atomic E-state index is 12.1. The van der Waals surface area contributed by atoms with Gasteiger partial charge in [-0.15, -0.1) is 11.5 Å². The molecule has 0 unspecified atom stereocenters. The van der Waals surface area contributed by atoms with E-state index < -0.39 is 6.98 Å². The van der Waals surface area contributed by atoms with Gasteiger partial charge in [-0.1, -0.05) is 0 Å². The van der Waals surface area contributed by atoms with Crippen molar-refractivity contribution in [2.75, 3.05) is 20.1 Å². The summed E-state index contributed by atoms with van der Waals surface area (Å²) in [5.74, 6) is 0. The summed E-state index contributed by atoms with van der Waals surface area (Å²) >= 11 is 0. The number of halogens is 3. The first-order chi connectivity index (χ1) is 5.00. The third-order valence-electron chi connectivity index (χ3n) is 1.79. The molecule has 1 rings (SSSR count). The Labute approximate surface area is 113 Å². The zero-order valence-electron chi connectivity index (χ0n) is 7.36. The van der Waals surface area contributed by atoms with E-state index in [1.807, 2.05) is 0 Å². The van der Waals surface area contributed by atoms with E-state index in [9.17, 15) is 12.9 Å². The van der Waals surface area contributed by atoms with Gasteiger partial charge in [-0.2, -0.15) is 0 Å². The Balaban J connectivity index is 0.00000121. The SMILES string of the molecule is CN1CCC=C([B-](F)(F)F)C1.[K+]. The van der Waals surface area contributed by atoms with E-state index in [1.54, 1.807) is 11.9 Å². The van der Waals surface area contributed by atoms with Crippen molar-refractivity contribution in [1.82, 2.24) is 4.90 Å². The molecule has 0 aromatic carbocycles. The van der Waals surface area contributed by atoms with Gasteiger partial charge in [0.1, 0.15) is 0 Å². The zero-order valence-corrected chi connectivity index (χ0v) is 10.5. The summed E-state index contributed by atoms with van der Waals surface area (Å²) in [5, 5.41) is 0. The Morgan fingerprint density at radius 2 is 2.00 bits per heavy atom. The molecule has 0 radical (unpaired) electrons. The van der Waals surface area contributed by atoms with Crippen molar-refractivity contribution >= 4 is 6.98 Å². The van der Waals surface area contributed by atoms with Crippen LogP contribution in [0.3, 0.4) is 0 Å². The van der Waals surface area contributed by atoms with E-state index in [-0.39, 0.29) is 63.4 Å². The summed E-state index contributed by atoms with van der Waals surface area (Å²) < 4.78 is 36.2. The van der Waals surface area contributed by atoms with Crippen LogP contribution in [0, 0.1) is 0 Å². The van der Waals surface area contributed by atoms with Gasteiger partial charge in [0.05, 0.1) is 0 Å². The van der Waals surface area contributed by atoms with E-state index in [0.29, 0.717) is 6.42 Å². The average Bonchev–Trinajstić information content (AvgIpc) is 1.86. The van der Waals surface area contributed by atoms with Crippen LogP contribution in [0.5, 0.6) is 0 Å². The molecule has 1 aliphatic heterocycles. The van der Waals surface area contributed by atoms with Gasteiger partial charge in [0, 0.05) is 6.54 Å². The van der Waals surface area contributed by atoms with Crippen molar-refractivity contribution in [3.63, 3.8) is 0 Å². The van der Waals surface area contributed by atoms with Crippen LogP contribution in [0.25, 0.3) is 0 Å². The fourth-order valence-corrected chi connectivity index (χ4v) is 1.16. The molecule has 1 nitrogen and oxygen atoms in total. The smallest absolute Gasteiger partial charge is 0.445 e. The van der Waals surface area contributed by atoms with Crippen LogP contribution in [0.15, 0.2) is 11.5 Å². The first-order valence-corrected chi connectivity index (χ1v) is 3.57. The quantitative estimate of drug-likeness (QED) is 0.476. The average molecular weight is 203 g/mol. The number of rotatable bonds is 1. The van der Waals surface area contributed by atoms with Crippen LogP contribution >= 0.6 is 0 Å². The van der Waals surface area contributed by atoms with Crippen LogP contribution < -0.4 is 51.4 Å². The summed E-state index contributed by atoms with van der Waals surface area (Å²) in [6, 6.07) is 0. The van der Waals surface area contributed by atoms with Crippen LogP contribution in [-0.2, 0) is 0 Å². The van der Waals surface area contributed by atoms with Gasteiger partial charge in [0.25, 0.3) is 0 Å². The molecule has 0 bridgehead atoms. The molecule has 0 aromatic rings. The largest absolute Gasteiger partial charge is 1.00 e. The van der Waals surface area contributed by atoms with E-state index in [2.05, 4.69) is 0 Å². The Kier molecular flexibility index (Phi) is 5.68. The fourth-order valence-electron chi connectivity index (χ4n) is 1.16. The molecular formula is C6H10BF3KN. The Morgan fingerprint density at radius 3 is 2.33 bits per heavy atom. The molecule has 1 aliphatic rings. The molecule has 0 saturated heterocycles. The number of likely N-dealkylation sites (N-methyl/N-ethyl adjacent to an activating group) is 1. The number of hydrogen-bond acceptors (Lipinski definition) is 1. The molecule has 12 heavy (non-hydrogen) atoms. The fraction of sp³-hybridized carbons (Fsp3) is 0.667. The number of nitrogens with zero attached hydrogens (tertiary/aromatic N) is 1. The van der Waals surface area contributed by atoms with Gasteiger partial charge in [-0.05, 0) is 20.0 Å². The second kappa shape index (κ2) is 5.17. The van der Waals surface area contributed by atoms with E-state index in [1.165, 1.54) is 6.08 Å². The van der Waals surface area contributed by atoms with Gasteiger partial charge in [0.2, 0.25) is 0 Å². The molecule has 0 fully saturated rings. The summed E-state index contributed by atoms with van der Waals surface area (Å²) in [4.78, 5) is 1.69. The van der Waals surface area contributed by atoms with Gasteiger partial charge < -0.3 is 17.8 Å². The minimum atomic E-state index is -4.74. The van der Waals surface area contributed by atoms with Crippen molar-refractivity contribution in [1.29, 1.82) is 0 Å². The molecule has 0 saturated carbocycles. The summed E-state index contributed by atoms with van der Waals surface area (Å²) in [7, 11) is 1.70. The molecule has 0 aliphatic carbocycles. The molecule has 64 valence electrons. The zero-order chi connectivity index (χ0) is 8.48. The minimum Gasteiger partial charge on any atom is -0.445 e. The topological polar surface area (TPSA) is 3.24 Å². The third kappa shape index (κ3) is 3.93. The van der Waals surface area contributed by atoms with Gasteiger partial charge in [-0.25, -0.2) is 0 Å². The van der Waals surface area contributed by atoms with E-state index in [0.717, 1.165) is 6.54 Å². The van der Waals surface area contributed by atoms with Crippen molar-refractivity contribution in [2.24, 2.45) is 0 Å².